The summed E-state index contributed by atoms with van der Waals surface area (Å²) in [7, 11) is 0. The van der Waals surface area contributed by atoms with Gasteiger partial charge in [0.05, 0.1) is 19.0 Å². The summed E-state index contributed by atoms with van der Waals surface area (Å²) in [5.41, 5.74) is 0. The molecule has 3 nitrogen and oxygen atoms in total. The van der Waals surface area contributed by atoms with Gasteiger partial charge in [-0.3, -0.25) is 9.59 Å². The van der Waals surface area contributed by atoms with E-state index in [4.69, 9.17) is 0 Å². The predicted molar refractivity (Wildman–Crippen MR) is 99.5 cm³/mol. The summed E-state index contributed by atoms with van der Waals surface area (Å²) in [5, 5.41) is 0. The molecule has 2 unspecified atom stereocenters. The molecule has 1 saturated heterocycles. The molecule has 2 atom stereocenters. The van der Waals surface area contributed by atoms with Crippen LogP contribution in [0.2, 0.25) is 0 Å². The molecule has 136 valence electrons. The van der Waals surface area contributed by atoms with Crippen molar-refractivity contribution in [2.45, 2.75) is 75.5 Å². The molecule has 1 heterocycles. The molecule has 1 aliphatic heterocycles. The van der Waals surface area contributed by atoms with Crippen molar-refractivity contribution in [3.63, 3.8) is 0 Å². The molecular formula is C20H33BrNO2+. The van der Waals surface area contributed by atoms with Crippen molar-refractivity contribution in [1.29, 1.82) is 0 Å². The highest BCUT2D eigenvalue weighted by Gasteiger charge is 2.35. The lowest BCUT2D eigenvalue weighted by molar-refractivity contribution is -0.899. The molecular weight excluding hydrogens is 366 g/mol. The standard InChI is InChI=1S/C20H32BrNO2/c21-18-10-8-15(9-11-18)19(23)14-22-12-4-7-17(13-22)20(24)16-5-2-1-3-6-16/h15-18H,1-14H2/p+1. The number of piperidine rings is 1. The highest BCUT2D eigenvalue weighted by Crippen LogP contribution is 2.29. The number of quaternary nitrogens is 1. The second-order valence-corrected chi connectivity index (χ2v) is 9.67. The normalized spacial score (nSPS) is 35.5. The van der Waals surface area contributed by atoms with Crippen LogP contribution in [0.4, 0.5) is 0 Å². The van der Waals surface area contributed by atoms with Gasteiger partial charge in [0.2, 0.25) is 0 Å². The van der Waals surface area contributed by atoms with Gasteiger partial charge in [0.15, 0.2) is 5.78 Å². The molecule has 0 spiro atoms. The fourth-order valence-corrected chi connectivity index (χ4v) is 5.57. The molecule has 3 aliphatic rings. The zero-order valence-electron chi connectivity index (χ0n) is 14.9. The van der Waals surface area contributed by atoms with Crippen LogP contribution in [0.1, 0.15) is 70.6 Å². The Morgan fingerprint density at radius 2 is 1.46 bits per heavy atom. The second-order valence-electron chi connectivity index (χ2n) is 8.37. The van der Waals surface area contributed by atoms with Gasteiger partial charge in [-0.1, -0.05) is 35.2 Å². The minimum atomic E-state index is 0.225. The minimum absolute atomic E-state index is 0.225. The van der Waals surface area contributed by atoms with Gasteiger partial charge in [-0.15, -0.1) is 0 Å². The van der Waals surface area contributed by atoms with E-state index >= 15 is 0 Å². The average molecular weight is 399 g/mol. The van der Waals surface area contributed by atoms with Crippen molar-refractivity contribution in [1.82, 2.24) is 0 Å². The molecule has 3 rings (SSSR count). The van der Waals surface area contributed by atoms with Crippen molar-refractivity contribution in [2.24, 2.45) is 17.8 Å². The van der Waals surface area contributed by atoms with Crippen LogP contribution in [0.15, 0.2) is 0 Å². The quantitative estimate of drug-likeness (QED) is 0.722. The van der Waals surface area contributed by atoms with Crippen molar-refractivity contribution >= 4 is 27.5 Å². The summed E-state index contributed by atoms with van der Waals surface area (Å²) < 4.78 is 0. The smallest absolute Gasteiger partial charge is 0.189 e. The Morgan fingerprint density at radius 1 is 0.792 bits per heavy atom. The van der Waals surface area contributed by atoms with Crippen LogP contribution in [-0.2, 0) is 9.59 Å². The number of alkyl halides is 1. The SMILES string of the molecule is O=C(C[NH+]1CCCC(C(=O)C2CCCCC2)C1)C1CCC(Br)CC1. The van der Waals surface area contributed by atoms with E-state index in [-0.39, 0.29) is 11.8 Å². The van der Waals surface area contributed by atoms with Gasteiger partial charge in [0.1, 0.15) is 12.3 Å². The van der Waals surface area contributed by atoms with E-state index in [0.717, 1.165) is 64.5 Å². The topological polar surface area (TPSA) is 38.6 Å². The Hall–Kier alpha value is -0.220. The minimum Gasteiger partial charge on any atom is -0.328 e. The first-order chi connectivity index (χ1) is 11.6. The Bertz CT molecular complexity index is 439. The summed E-state index contributed by atoms with van der Waals surface area (Å²) in [5.74, 6) is 1.81. The number of carbonyl (C=O) groups excluding carboxylic acids is 2. The molecule has 0 bridgehead atoms. The molecule has 0 aromatic carbocycles. The van der Waals surface area contributed by atoms with Crippen molar-refractivity contribution in [2.75, 3.05) is 19.6 Å². The molecule has 4 heteroatoms. The van der Waals surface area contributed by atoms with Crippen LogP contribution in [0.3, 0.4) is 0 Å². The van der Waals surface area contributed by atoms with E-state index in [1.165, 1.54) is 24.2 Å². The molecule has 0 aromatic heterocycles. The fraction of sp³-hybridized carbons (Fsp3) is 0.900. The number of Topliss-reactive ketones (excluding diaryl/α,β-unsaturated/α-hetero) is 2. The summed E-state index contributed by atoms with van der Waals surface area (Å²) >= 11 is 3.67. The van der Waals surface area contributed by atoms with Gasteiger partial charge in [-0.2, -0.15) is 0 Å². The molecule has 2 saturated carbocycles. The number of hydrogen-bond donors (Lipinski definition) is 1. The summed E-state index contributed by atoms with van der Waals surface area (Å²) in [6.07, 6.45) is 12.5. The number of carbonyl (C=O) groups is 2. The molecule has 2 aliphatic carbocycles. The van der Waals surface area contributed by atoms with Gasteiger partial charge in [0, 0.05) is 16.7 Å². The van der Waals surface area contributed by atoms with E-state index in [2.05, 4.69) is 15.9 Å². The fourth-order valence-electron chi connectivity index (χ4n) is 5.04. The number of nitrogens with one attached hydrogen (secondary N) is 1. The lowest BCUT2D eigenvalue weighted by Gasteiger charge is -2.33. The summed E-state index contributed by atoms with van der Waals surface area (Å²) in [6.45, 7) is 2.65. The number of rotatable bonds is 5. The number of hydrogen-bond acceptors (Lipinski definition) is 2. The van der Waals surface area contributed by atoms with E-state index < -0.39 is 0 Å². The van der Waals surface area contributed by atoms with Gasteiger partial charge in [-0.05, 0) is 51.4 Å². The predicted octanol–water partition coefficient (Wildman–Crippen LogP) is 2.95. The summed E-state index contributed by atoms with van der Waals surface area (Å²) in [4.78, 5) is 27.4. The van der Waals surface area contributed by atoms with E-state index in [1.54, 1.807) is 0 Å². The number of likely N-dealkylation sites (tertiary alicyclic amines) is 1. The largest absolute Gasteiger partial charge is 0.328 e. The Kier molecular flexibility index (Phi) is 6.91. The third-order valence-electron chi connectivity index (χ3n) is 6.56. The monoisotopic (exact) mass is 398 g/mol. The van der Waals surface area contributed by atoms with Crippen LogP contribution in [0, 0.1) is 17.8 Å². The lowest BCUT2D eigenvalue weighted by atomic mass is 9.79. The van der Waals surface area contributed by atoms with Crippen molar-refractivity contribution in [3.8, 4) is 0 Å². The molecule has 0 aromatic rings. The Labute approximate surface area is 155 Å². The molecule has 3 fully saturated rings. The van der Waals surface area contributed by atoms with Crippen molar-refractivity contribution in [3.05, 3.63) is 0 Å². The van der Waals surface area contributed by atoms with Gasteiger partial charge in [0.25, 0.3) is 0 Å². The van der Waals surface area contributed by atoms with Crippen LogP contribution in [-0.4, -0.2) is 36.0 Å². The van der Waals surface area contributed by atoms with E-state index in [1.807, 2.05) is 0 Å². The van der Waals surface area contributed by atoms with E-state index in [9.17, 15) is 9.59 Å². The van der Waals surface area contributed by atoms with Crippen LogP contribution >= 0.6 is 15.9 Å². The lowest BCUT2D eigenvalue weighted by Crippen LogP contribution is -3.14. The maximum absolute atomic E-state index is 12.8. The van der Waals surface area contributed by atoms with Crippen LogP contribution < -0.4 is 4.90 Å². The van der Waals surface area contributed by atoms with Crippen molar-refractivity contribution < 1.29 is 14.5 Å². The zero-order chi connectivity index (χ0) is 16.9. The van der Waals surface area contributed by atoms with Crippen LogP contribution in [0.5, 0.6) is 0 Å². The Morgan fingerprint density at radius 3 is 2.17 bits per heavy atom. The highest BCUT2D eigenvalue weighted by molar-refractivity contribution is 9.09. The maximum atomic E-state index is 12.8. The van der Waals surface area contributed by atoms with Gasteiger partial charge < -0.3 is 4.90 Å². The molecule has 1 N–H and O–H groups in total. The third kappa shape index (κ3) is 4.91. The first-order valence-corrected chi connectivity index (χ1v) is 11.1. The first kappa shape index (κ1) is 18.6. The number of ketones is 2. The van der Waals surface area contributed by atoms with Crippen LogP contribution in [0.25, 0.3) is 0 Å². The zero-order valence-corrected chi connectivity index (χ0v) is 16.5. The maximum Gasteiger partial charge on any atom is 0.189 e. The number of halogens is 1. The molecule has 0 amide bonds. The third-order valence-corrected chi connectivity index (χ3v) is 7.48. The molecule has 24 heavy (non-hydrogen) atoms. The summed E-state index contributed by atoms with van der Waals surface area (Å²) in [6, 6.07) is 0. The Balaban J connectivity index is 1.48. The molecule has 0 radical (unpaired) electrons. The average Bonchev–Trinajstić information content (AvgIpc) is 2.62. The van der Waals surface area contributed by atoms with E-state index in [0.29, 0.717) is 28.9 Å². The van der Waals surface area contributed by atoms with Gasteiger partial charge >= 0.3 is 0 Å². The highest BCUT2D eigenvalue weighted by atomic mass is 79.9. The second kappa shape index (κ2) is 8.93. The van der Waals surface area contributed by atoms with Gasteiger partial charge in [-0.25, -0.2) is 0 Å². The first-order valence-electron chi connectivity index (χ1n) is 10.2.